The number of ether oxygens (including phenoxy) is 1. The summed E-state index contributed by atoms with van der Waals surface area (Å²) in [6, 6.07) is 0. The molecule has 1 aliphatic carbocycles. The number of rotatable bonds is 4. The number of nitrogens with two attached hydrogens (primary N) is 1. The van der Waals surface area contributed by atoms with Crippen LogP contribution in [0.1, 0.15) is 30.0 Å². The van der Waals surface area contributed by atoms with E-state index in [9.17, 15) is 4.79 Å². The van der Waals surface area contributed by atoms with Gasteiger partial charge >= 0.3 is 5.97 Å². The van der Waals surface area contributed by atoms with Crippen molar-refractivity contribution in [2.24, 2.45) is 0 Å². The number of anilines is 1. The SMILES string of the molecule is COc1nc(N)nc(C2CC2)c1CC(=O)O. The number of carbonyl (C=O) groups is 1. The fraction of sp³-hybridized carbons (Fsp3) is 0.500. The highest BCUT2D eigenvalue weighted by Gasteiger charge is 2.31. The lowest BCUT2D eigenvalue weighted by atomic mass is 10.1. The molecule has 0 bridgehead atoms. The third kappa shape index (κ3) is 2.05. The van der Waals surface area contributed by atoms with E-state index in [0.29, 0.717) is 11.5 Å². The van der Waals surface area contributed by atoms with Crippen molar-refractivity contribution in [1.29, 1.82) is 0 Å². The Morgan fingerprint density at radius 3 is 2.75 bits per heavy atom. The van der Waals surface area contributed by atoms with Crippen molar-refractivity contribution in [3.8, 4) is 5.88 Å². The maximum atomic E-state index is 10.8. The molecule has 16 heavy (non-hydrogen) atoms. The van der Waals surface area contributed by atoms with Gasteiger partial charge in [-0.25, -0.2) is 4.98 Å². The summed E-state index contributed by atoms with van der Waals surface area (Å²) in [4.78, 5) is 18.8. The summed E-state index contributed by atoms with van der Waals surface area (Å²) in [5.74, 6) is -0.202. The molecule has 1 fully saturated rings. The van der Waals surface area contributed by atoms with Gasteiger partial charge in [-0.3, -0.25) is 4.79 Å². The number of methoxy groups -OCH3 is 1. The quantitative estimate of drug-likeness (QED) is 0.774. The Morgan fingerprint density at radius 2 is 2.25 bits per heavy atom. The fourth-order valence-corrected chi connectivity index (χ4v) is 1.68. The molecule has 1 aromatic heterocycles. The van der Waals surface area contributed by atoms with E-state index in [-0.39, 0.29) is 18.2 Å². The summed E-state index contributed by atoms with van der Waals surface area (Å²) in [6.45, 7) is 0. The number of nitrogen functional groups attached to an aromatic ring is 1. The molecule has 0 amide bonds. The zero-order valence-electron chi connectivity index (χ0n) is 8.93. The number of carboxylic acid groups (broad SMARTS) is 1. The molecule has 0 saturated heterocycles. The first-order valence-electron chi connectivity index (χ1n) is 5.04. The highest BCUT2D eigenvalue weighted by molar-refractivity contribution is 5.71. The molecular formula is C10H13N3O3. The van der Waals surface area contributed by atoms with Crippen LogP contribution in [0.3, 0.4) is 0 Å². The van der Waals surface area contributed by atoms with Gasteiger partial charge in [0.15, 0.2) is 0 Å². The van der Waals surface area contributed by atoms with Gasteiger partial charge in [-0.05, 0) is 12.8 Å². The van der Waals surface area contributed by atoms with E-state index in [1.54, 1.807) is 0 Å². The van der Waals surface area contributed by atoms with E-state index in [0.717, 1.165) is 18.5 Å². The van der Waals surface area contributed by atoms with Crippen LogP contribution in [0.15, 0.2) is 0 Å². The molecule has 1 aromatic rings. The van der Waals surface area contributed by atoms with E-state index in [1.807, 2.05) is 0 Å². The minimum absolute atomic E-state index is 0.130. The Balaban J connectivity index is 2.46. The molecular weight excluding hydrogens is 210 g/mol. The highest BCUT2D eigenvalue weighted by atomic mass is 16.5. The first kappa shape index (κ1) is 10.7. The maximum Gasteiger partial charge on any atom is 0.308 e. The summed E-state index contributed by atoms with van der Waals surface area (Å²) >= 11 is 0. The zero-order valence-corrected chi connectivity index (χ0v) is 8.93. The number of carboxylic acids is 1. The second kappa shape index (κ2) is 3.96. The molecule has 3 N–H and O–H groups in total. The monoisotopic (exact) mass is 223 g/mol. The van der Waals surface area contributed by atoms with Gasteiger partial charge < -0.3 is 15.6 Å². The van der Waals surface area contributed by atoms with Crippen LogP contribution in [-0.4, -0.2) is 28.2 Å². The van der Waals surface area contributed by atoms with Gasteiger partial charge in [-0.2, -0.15) is 4.98 Å². The molecule has 1 aliphatic rings. The predicted octanol–water partition coefficient (Wildman–Crippen LogP) is 0.572. The summed E-state index contributed by atoms with van der Waals surface area (Å²) in [5, 5.41) is 8.84. The van der Waals surface area contributed by atoms with E-state index < -0.39 is 5.97 Å². The minimum atomic E-state index is -0.923. The van der Waals surface area contributed by atoms with Crippen molar-refractivity contribution < 1.29 is 14.6 Å². The lowest BCUT2D eigenvalue weighted by Gasteiger charge is -2.10. The maximum absolute atomic E-state index is 10.8. The molecule has 0 radical (unpaired) electrons. The summed E-state index contributed by atoms with van der Waals surface area (Å²) in [7, 11) is 1.45. The smallest absolute Gasteiger partial charge is 0.308 e. The summed E-state index contributed by atoms with van der Waals surface area (Å²) in [5.41, 5.74) is 6.83. The number of hydrogen-bond acceptors (Lipinski definition) is 5. The Labute approximate surface area is 92.5 Å². The lowest BCUT2D eigenvalue weighted by molar-refractivity contribution is -0.136. The average Bonchev–Trinajstić information content (AvgIpc) is 3.02. The largest absolute Gasteiger partial charge is 0.481 e. The second-order valence-electron chi connectivity index (χ2n) is 3.80. The van der Waals surface area contributed by atoms with Crippen LogP contribution in [0.5, 0.6) is 5.88 Å². The van der Waals surface area contributed by atoms with Crippen LogP contribution < -0.4 is 10.5 Å². The van der Waals surface area contributed by atoms with E-state index in [4.69, 9.17) is 15.6 Å². The van der Waals surface area contributed by atoms with E-state index in [1.165, 1.54) is 7.11 Å². The molecule has 0 aromatic carbocycles. The molecule has 6 heteroatoms. The topological polar surface area (TPSA) is 98.3 Å². The van der Waals surface area contributed by atoms with E-state index in [2.05, 4.69) is 9.97 Å². The Bertz CT molecular complexity index is 430. The highest BCUT2D eigenvalue weighted by Crippen LogP contribution is 2.42. The molecule has 1 saturated carbocycles. The Hall–Kier alpha value is -1.85. The number of hydrogen-bond donors (Lipinski definition) is 2. The normalized spacial score (nSPS) is 14.8. The van der Waals surface area contributed by atoms with Crippen molar-refractivity contribution in [2.75, 3.05) is 12.8 Å². The third-order valence-corrected chi connectivity index (χ3v) is 2.50. The summed E-state index contributed by atoms with van der Waals surface area (Å²) in [6.07, 6.45) is 1.91. The average molecular weight is 223 g/mol. The Morgan fingerprint density at radius 1 is 1.56 bits per heavy atom. The first-order valence-corrected chi connectivity index (χ1v) is 5.04. The molecule has 6 nitrogen and oxygen atoms in total. The second-order valence-corrected chi connectivity index (χ2v) is 3.80. The van der Waals surface area contributed by atoms with E-state index >= 15 is 0 Å². The number of nitrogens with zero attached hydrogens (tertiary/aromatic N) is 2. The van der Waals surface area contributed by atoms with Crippen LogP contribution in [0.2, 0.25) is 0 Å². The molecule has 2 rings (SSSR count). The van der Waals surface area contributed by atoms with Crippen LogP contribution in [0.4, 0.5) is 5.95 Å². The fourth-order valence-electron chi connectivity index (χ4n) is 1.68. The molecule has 0 atom stereocenters. The zero-order chi connectivity index (χ0) is 11.7. The molecule has 0 unspecified atom stereocenters. The van der Waals surface area contributed by atoms with Gasteiger partial charge in [0.25, 0.3) is 0 Å². The third-order valence-electron chi connectivity index (χ3n) is 2.50. The van der Waals surface area contributed by atoms with Crippen LogP contribution in [0, 0.1) is 0 Å². The predicted molar refractivity (Wildman–Crippen MR) is 56.3 cm³/mol. The molecule has 1 heterocycles. The Kier molecular flexibility index (Phi) is 2.64. The van der Waals surface area contributed by atoms with Crippen molar-refractivity contribution in [1.82, 2.24) is 9.97 Å². The standard InChI is InChI=1S/C10H13N3O3/c1-16-9-6(4-7(14)15)8(5-2-3-5)12-10(11)13-9/h5H,2-4H2,1H3,(H,14,15)(H2,11,12,13). The van der Waals surface area contributed by atoms with Gasteiger partial charge in [-0.15, -0.1) is 0 Å². The molecule has 0 aliphatic heterocycles. The minimum Gasteiger partial charge on any atom is -0.481 e. The number of aliphatic carboxylic acids is 1. The molecule has 0 spiro atoms. The van der Waals surface area contributed by atoms with Crippen LogP contribution >= 0.6 is 0 Å². The van der Waals surface area contributed by atoms with Gasteiger partial charge in [-0.1, -0.05) is 0 Å². The molecule has 86 valence electrons. The van der Waals surface area contributed by atoms with Gasteiger partial charge in [0, 0.05) is 11.5 Å². The van der Waals surface area contributed by atoms with Gasteiger partial charge in [0.05, 0.1) is 19.2 Å². The lowest BCUT2D eigenvalue weighted by Crippen LogP contribution is -2.11. The van der Waals surface area contributed by atoms with Crippen molar-refractivity contribution in [3.05, 3.63) is 11.3 Å². The van der Waals surface area contributed by atoms with Gasteiger partial charge in [0.1, 0.15) is 0 Å². The van der Waals surface area contributed by atoms with Crippen LogP contribution in [-0.2, 0) is 11.2 Å². The number of aromatic nitrogens is 2. The first-order chi connectivity index (χ1) is 7.61. The van der Waals surface area contributed by atoms with Crippen LogP contribution in [0.25, 0.3) is 0 Å². The van der Waals surface area contributed by atoms with Gasteiger partial charge in [0.2, 0.25) is 11.8 Å². The summed E-state index contributed by atoms with van der Waals surface area (Å²) < 4.78 is 5.05. The van der Waals surface area contributed by atoms with Crippen molar-refractivity contribution >= 4 is 11.9 Å². The van der Waals surface area contributed by atoms with Crippen molar-refractivity contribution in [2.45, 2.75) is 25.2 Å². The van der Waals surface area contributed by atoms with Crippen molar-refractivity contribution in [3.63, 3.8) is 0 Å².